The molecule has 0 fully saturated rings. The molecule has 0 saturated carbocycles. The summed E-state index contributed by atoms with van der Waals surface area (Å²) in [6.45, 7) is 2.46. The van der Waals surface area contributed by atoms with Gasteiger partial charge < -0.3 is 20.1 Å². The van der Waals surface area contributed by atoms with E-state index in [9.17, 15) is 19.2 Å². The van der Waals surface area contributed by atoms with Crippen molar-refractivity contribution in [3.05, 3.63) is 94.7 Å². The summed E-state index contributed by atoms with van der Waals surface area (Å²) in [5.74, 6) is -1.45. The molecule has 0 aromatic heterocycles. The number of amides is 3. The number of benzene rings is 3. The summed E-state index contributed by atoms with van der Waals surface area (Å²) in [5, 5.41) is 5.44. The SMILES string of the molecule is CCOc1ccc(NC(=O)Cc2ccc(NC3=C(Cl)C(=O)N(c4cccc(C(=O)OC)c4)C3=O)cc2)cc1. The number of hydrogen-bond donors (Lipinski definition) is 2. The summed E-state index contributed by atoms with van der Waals surface area (Å²) in [4.78, 5) is 51.0. The van der Waals surface area contributed by atoms with Crippen molar-refractivity contribution in [2.45, 2.75) is 13.3 Å². The molecule has 0 saturated heterocycles. The minimum atomic E-state index is -0.719. The number of hydrogen-bond acceptors (Lipinski definition) is 7. The molecule has 10 heteroatoms. The maximum absolute atomic E-state index is 13.0. The van der Waals surface area contributed by atoms with Crippen LogP contribution in [0.5, 0.6) is 5.75 Å². The van der Waals surface area contributed by atoms with Crippen LogP contribution in [0.2, 0.25) is 0 Å². The molecular formula is C28H24ClN3O6. The number of nitrogens with one attached hydrogen (secondary N) is 2. The average molecular weight is 534 g/mol. The smallest absolute Gasteiger partial charge is 0.337 e. The van der Waals surface area contributed by atoms with E-state index >= 15 is 0 Å². The van der Waals surface area contributed by atoms with E-state index in [2.05, 4.69) is 10.6 Å². The molecule has 4 rings (SSSR count). The number of halogens is 1. The van der Waals surface area contributed by atoms with E-state index in [4.69, 9.17) is 21.1 Å². The van der Waals surface area contributed by atoms with Crippen molar-refractivity contribution in [2.75, 3.05) is 29.3 Å². The second-order valence-electron chi connectivity index (χ2n) is 8.18. The lowest BCUT2D eigenvalue weighted by Crippen LogP contribution is -2.32. The molecule has 9 nitrogen and oxygen atoms in total. The van der Waals surface area contributed by atoms with Crippen LogP contribution in [0.25, 0.3) is 0 Å². The third-order valence-corrected chi connectivity index (χ3v) is 5.94. The van der Waals surface area contributed by atoms with Crippen LogP contribution < -0.4 is 20.3 Å². The van der Waals surface area contributed by atoms with Crippen molar-refractivity contribution in [3.8, 4) is 5.75 Å². The number of carbonyl (C=O) groups excluding carboxylic acids is 4. The van der Waals surface area contributed by atoms with Crippen molar-refractivity contribution in [2.24, 2.45) is 0 Å². The average Bonchev–Trinajstić information content (AvgIpc) is 3.13. The predicted octanol–water partition coefficient (Wildman–Crippen LogP) is 4.49. The standard InChI is InChI=1S/C28H24ClN3O6/c1-3-38-22-13-11-19(12-14-22)30-23(33)15-17-7-9-20(10-8-17)31-25-24(29)26(34)32(27(25)35)21-6-4-5-18(16-21)28(36)37-2/h4-14,16,31H,3,15H2,1-2H3,(H,30,33). The van der Waals surface area contributed by atoms with Gasteiger partial charge in [0.15, 0.2) is 0 Å². The van der Waals surface area contributed by atoms with Gasteiger partial charge in [0.25, 0.3) is 11.8 Å². The number of carbonyl (C=O) groups is 4. The molecule has 0 bridgehead atoms. The zero-order valence-electron chi connectivity index (χ0n) is 20.6. The molecule has 0 aliphatic carbocycles. The molecule has 1 heterocycles. The van der Waals surface area contributed by atoms with Gasteiger partial charge in [0.05, 0.1) is 31.4 Å². The molecule has 194 valence electrons. The van der Waals surface area contributed by atoms with Crippen LogP contribution in [0, 0.1) is 0 Å². The Morgan fingerprint density at radius 3 is 2.26 bits per heavy atom. The highest BCUT2D eigenvalue weighted by Crippen LogP contribution is 2.30. The monoisotopic (exact) mass is 533 g/mol. The van der Waals surface area contributed by atoms with Gasteiger partial charge in [-0.15, -0.1) is 0 Å². The lowest BCUT2D eigenvalue weighted by Gasteiger charge is -2.16. The molecule has 0 unspecified atom stereocenters. The van der Waals surface area contributed by atoms with Gasteiger partial charge in [0, 0.05) is 11.4 Å². The van der Waals surface area contributed by atoms with Gasteiger partial charge in [-0.05, 0) is 67.1 Å². The Labute approximate surface area is 224 Å². The molecule has 3 amide bonds. The number of esters is 1. The first-order valence-corrected chi connectivity index (χ1v) is 12.0. The number of anilines is 3. The summed E-state index contributed by atoms with van der Waals surface area (Å²) < 4.78 is 10.1. The van der Waals surface area contributed by atoms with E-state index in [0.717, 1.165) is 16.2 Å². The summed E-state index contributed by atoms with van der Waals surface area (Å²) in [7, 11) is 1.24. The van der Waals surface area contributed by atoms with Crippen LogP contribution in [0.15, 0.2) is 83.5 Å². The van der Waals surface area contributed by atoms with Gasteiger partial charge in [-0.3, -0.25) is 14.4 Å². The van der Waals surface area contributed by atoms with Crippen LogP contribution in [-0.2, 0) is 25.5 Å². The highest BCUT2D eigenvalue weighted by atomic mass is 35.5. The second-order valence-corrected chi connectivity index (χ2v) is 8.56. The second kappa shape index (κ2) is 11.6. The first-order valence-electron chi connectivity index (χ1n) is 11.7. The van der Waals surface area contributed by atoms with Crippen LogP contribution >= 0.6 is 11.6 Å². The maximum Gasteiger partial charge on any atom is 0.337 e. The molecule has 0 atom stereocenters. The molecular weight excluding hydrogens is 510 g/mol. The van der Waals surface area contributed by atoms with Gasteiger partial charge in [0.2, 0.25) is 5.91 Å². The largest absolute Gasteiger partial charge is 0.494 e. The van der Waals surface area contributed by atoms with Crippen molar-refractivity contribution < 1.29 is 28.7 Å². The Morgan fingerprint density at radius 2 is 1.61 bits per heavy atom. The zero-order valence-corrected chi connectivity index (χ0v) is 21.4. The number of imide groups is 1. The highest BCUT2D eigenvalue weighted by Gasteiger charge is 2.39. The van der Waals surface area contributed by atoms with Crippen molar-refractivity contribution in [3.63, 3.8) is 0 Å². The van der Waals surface area contributed by atoms with E-state index in [1.165, 1.54) is 31.4 Å². The molecule has 0 radical (unpaired) electrons. The van der Waals surface area contributed by atoms with Crippen molar-refractivity contribution >= 4 is 52.4 Å². The van der Waals surface area contributed by atoms with Gasteiger partial charge >= 0.3 is 5.97 Å². The zero-order chi connectivity index (χ0) is 27.2. The highest BCUT2D eigenvalue weighted by molar-refractivity contribution is 6.53. The minimum absolute atomic E-state index is 0.0962. The Morgan fingerprint density at radius 1 is 0.921 bits per heavy atom. The summed E-state index contributed by atoms with van der Waals surface area (Å²) in [5.41, 5.74) is 2.18. The predicted molar refractivity (Wildman–Crippen MR) is 143 cm³/mol. The first kappa shape index (κ1) is 26.4. The van der Waals surface area contributed by atoms with Crippen LogP contribution in [0.3, 0.4) is 0 Å². The third-order valence-electron chi connectivity index (χ3n) is 5.59. The van der Waals surface area contributed by atoms with Crippen LogP contribution in [0.4, 0.5) is 17.1 Å². The van der Waals surface area contributed by atoms with Crippen LogP contribution in [0.1, 0.15) is 22.8 Å². The molecule has 1 aliphatic heterocycles. The van der Waals surface area contributed by atoms with E-state index in [0.29, 0.717) is 18.0 Å². The van der Waals surface area contributed by atoms with Crippen LogP contribution in [-0.4, -0.2) is 37.4 Å². The fourth-order valence-electron chi connectivity index (χ4n) is 3.78. The van der Waals surface area contributed by atoms with E-state index < -0.39 is 17.8 Å². The molecule has 0 spiro atoms. The van der Waals surface area contributed by atoms with Crippen molar-refractivity contribution in [1.29, 1.82) is 0 Å². The van der Waals surface area contributed by atoms with E-state index in [1.807, 2.05) is 6.92 Å². The van der Waals surface area contributed by atoms with Gasteiger partial charge in [-0.2, -0.15) is 0 Å². The fourth-order valence-corrected chi connectivity index (χ4v) is 3.99. The summed E-state index contributed by atoms with van der Waals surface area (Å²) in [6.07, 6.45) is 0.138. The lowest BCUT2D eigenvalue weighted by atomic mass is 10.1. The van der Waals surface area contributed by atoms with Crippen molar-refractivity contribution in [1.82, 2.24) is 0 Å². The first-order chi connectivity index (χ1) is 18.3. The third kappa shape index (κ3) is 5.84. The Hall–Kier alpha value is -4.63. The van der Waals surface area contributed by atoms with Gasteiger partial charge in [-0.25, -0.2) is 9.69 Å². The number of ether oxygens (including phenoxy) is 2. The molecule has 38 heavy (non-hydrogen) atoms. The van der Waals surface area contributed by atoms with E-state index in [1.54, 1.807) is 48.5 Å². The molecule has 3 aromatic carbocycles. The minimum Gasteiger partial charge on any atom is -0.494 e. The normalized spacial score (nSPS) is 13.0. The Balaban J connectivity index is 1.40. The topological polar surface area (TPSA) is 114 Å². The maximum atomic E-state index is 13.0. The van der Waals surface area contributed by atoms with Gasteiger partial charge in [0.1, 0.15) is 16.5 Å². The fraction of sp³-hybridized carbons (Fsp3) is 0.143. The number of rotatable bonds is 9. The Kier molecular flexibility index (Phi) is 8.08. The Bertz CT molecular complexity index is 1420. The molecule has 1 aliphatic rings. The van der Waals surface area contributed by atoms with E-state index in [-0.39, 0.29) is 34.3 Å². The summed E-state index contributed by atoms with van der Waals surface area (Å²) >= 11 is 6.20. The quantitative estimate of drug-likeness (QED) is 0.308. The number of methoxy groups -OCH3 is 1. The van der Waals surface area contributed by atoms with Gasteiger partial charge in [-0.1, -0.05) is 29.8 Å². The number of nitrogens with zero attached hydrogens (tertiary/aromatic N) is 1. The summed E-state index contributed by atoms with van der Waals surface area (Å²) in [6, 6.07) is 19.8. The molecule has 3 aromatic rings. The molecule has 2 N–H and O–H groups in total. The lowest BCUT2D eigenvalue weighted by molar-refractivity contribution is -0.120.